The number of allylic oxidation sites excluding steroid dienone is 1. The van der Waals surface area contributed by atoms with Gasteiger partial charge in [-0.15, -0.1) is 0 Å². The van der Waals surface area contributed by atoms with E-state index < -0.39 is 0 Å². The number of esters is 1. The van der Waals surface area contributed by atoms with Crippen molar-refractivity contribution >= 4 is 12.0 Å². The topological polar surface area (TPSA) is 35.5 Å². The minimum absolute atomic E-state index is 0.0649. The molecule has 0 bridgehead atoms. The van der Waals surface area contributed by atoms with Crippen LogP contribution in [-0.4, -0.2) is 19.7 Å². The van der Waals surface area contributed by atoms with Crippen molar-refractivity contribution in [1.82, 2.24) is 0 Å². The highest BCUT2D eigenvalue weighted by Crippen LogP contribution is 2.13. The molecule has 0 fully saturated rings. The molecule has 1 aromatic carbocycles. The quantitative estimate of drug-likeness (QED) is 0.426. The maximum atomic E-state index is 11.2. The van der Waals surface area contributed by atoms with Crippen LogP contribution in [0.1, 0.15) is 57.4 Å². The van der Waals surface area contributed by atoms with Crippen LogP contribution in [0, 0.1) is 0 Å². The van der Waals surface area contributed by atoms with E-state index in [2.05, 4.69) is 24.3 Å². The summed E-state index contributed by atoms with van der Waals surface area (Å²) in [6.45, 7) is 2.33. The minimum Gasteiger partial charge on any atom is -0.497 e. The number of unbranched alkanes of at least 4 members (excludes halogenated alkanes) is 5. The zero-order valence-corrected chi connectivity index (χ0v) is 13.8. The predicted molar refractivity (Wildman–Crippen MR) is 91.0 cm³/mol. The fraction of sp³-hybridized carbons (Fsp3) is 0.526. The smallest absolute Gasteiger partial charge is 0.305 e. The van der Waals surface area contributed by atoms with Gasteiger partial charge in [-0.25, -0.2) is 0 Å². The van der Waals surface area contributed by atoms with Crippen molar-refractivity contribution in [2.24, 2.45) is 0 Å². The number of carbonyl (C=O) groups excluding carboxylic acids is 1. The van der Waals surface area contributed by atoms with E-state index >= 15 is 0 Å². The number of carbonyl (C=O) groups is 1. The fourth-order valence-electron chi connectivity index (χ4n) is 2.23. The summed E-state index contributed by atoms with van der Waals surface area (Å²) in [5.41, 5.74) is 1.20. The van der Waals surface area contributed by atoms with Crippen LogP contribution in [0.5, 0.6) is 5.75 Å². The minimum atomic E-state index is -0.0649. The van der Waals surface area contributed by atoms with E-state index in [4.69, 9.17) is 9.47 Å². The van der Waals surface area contributed by atoms with Crippen molar-refractivity contribution in [3.05, 3.63) is 35.9 Å². The van der Waals surface area contributed by atoms with Crippen molar-refractivity contribution in [1.29, 1.82) is 0 Å². The van der Waals surface area contributed by atoms with Gasteiger partial charge in [0, 0.05) is 6.42 Å². The number of hydrogen-bond donors (Lipinski definition) is 0. The zero-order chi connectivity index (χ0) is 16.0. The molecule has 0 unspecified atom stereocenters. The second-order valence-corrected chi connectivity index (χ2v) is 5.29. The molecule has 1 rings (SSSR count). The molecule has 0 saturated carbocycles. The standard InChI is InChI=1S/C19H28O3/c1-3-22-19(20)12-10-8-6-4-5-7-9-11-17-13-15-18(21-2)16-14-17/h9,11,13-16H,3-8,10,12H2,1-2H3/b11-9+. The summed E-state index contributed by atoms with van der Waals surface area (Å²) >= 11 is 0. The number of rotatable bonds is 11. The van der Waals surface area contributed by atoms with Crippen molar-refractivity contribution in [2.75, 3.05) is 13.7 Å². The molecule has 3 nitrogen and oxygen atoms in total. The summed E-state index contributed by atoms with van der Waals surface area (Å²) in [4.78, 5) is 11.2. The Morgan fingerprint density at radius 3 is 2.41 bits per heavy atom. The Hall–Kier alpha value is -1.77. The molecule has 0 radical (unpaired) electrons. The van der Waals surface area contributed by atoms with Crippen LogP contribution < -0.4 is 4.74 Å². The lowest BCUT2D eigenvalue weighted by Gasteiger charge is -2.02. The monoisotopic (exact) mass is 304 g/mol. The molecule has 122 valence electrons. The van der Waals surface area contributed by atoms with Crippen LogP contribution in [0.4, 0.5) is 0 Å². The Kier molecular flexibility index (Phi) is 9.84. The van der Waals surface area contributed by atoms with Crippen molar-refractivity contribution in [2.45, 2.75) is 51.9 Å². The maximum Gasteiger partial charge on any atom is 0.305 e. The molecule has 0 N–H and O–H groups in total. The van der Waals surface area contributed by atoms with Crippen LogP contribution in [0.3, 0.4) is 0 Å². The Bertz CT molecular complexity index is 434. The van der Waals surface area contributed by atoms with Crippen LogP contribution in [0.15, 0.2) is 30.3 Å². The third kappa shape index (κ3) is 8.50. The Balaban J connectivity index is 2.00. The summed E-state index contributed by atoms with van der Waals surface area (Å²) in [5.74, 6) is 0.824. The lowest BCUT2D eigenvalue weighted by Crippen LogP contribution is -2.03. The molecule has 1 aromatic rings. The van der Waals surface area contributed by atoms with E-state index in [9.17, 15) is 4.79 Å². The first-order chi connectivity index (χ1) is 10.8. The first kappa shape index (κ1) is 18.3. The van der Waals surface area contributed by atoms with Gasteiger partial charge in [-0.1, -0.05) is 43.5 Å². The molecule has 0 atom stereocenters. The summed E-state index contributed by atoms with van der Waals surface area (Å²) in [6.07, 6.45) is 11.7. The van der Waals surface area contributed by atoms with E-state index in [-0.39, 0.29) is 5.97 Å². The molecule has 0 amide bonds. The highest BCUT2D eigenvalue weighted by Gasteiger charge is 2.00. The van der Waals surface area contributed by atoms with Gasteiger partial charge in [0.2, 0.25) is 0 Å². The lowest BCUT2D eigenvalue weighted by molar-refractivity contribution is -0.143. The number of ether oxygens (including phenoxy) is 2. The molecule has 0 aliphatic heterocycles. The summed E-state index contributed by atoms with van der Waals surface area (Å²) in [5, 5.41) is 0. The van der Waals surface area contributed by atoms with E-state index in [0.29, 0.717) is 13.0 Å². The van der Waals surface area contributed by atoms with Gasteiger partial charge in [0.1, 0.15) is 5.75 Å². The van der Waals surface area contributed by atoms with Gasteiger partial charge in [-0.05, 0) is 43.9 Å². The van der Waals surface area contributed by atoms with Gasteiger partial charge in [0.15, 0.2) is 0 Å². The van der Waals surface area contributed by atoms with Gasteiger partial charge in [-0.3, -0.25) is 4.79 Å². The van der Waals surface area contributed by atoms with Gasteiger partial charge in [0.25, 0.3) is 0 Å². The van der Waals surface area contributed by atoms with Gasteiger partial charge < -0.3 is 9.47 Å². The molecule has 0 aromatic heterocycles. The second-order valence-electron chi connectivity index (χ2n) is 5.29. The Morgan fingerprint density at radius 2 is 1.73 bits per heavy atom. The Labute approximate surface area is 134 Å². The first-order valence-electron chi connectivity index (χ1n) is 8.22. The summed E-state index contributed by atoms with van der Waals surface area (Å²) in [6, 6.07) is 8.07. The number of hydrogen-bond acceptors (Lipinski definition) is 3. The van der Waals surface area contributed by atoms with Gasteiger partial charge in [0.05, 0.1) is 13.7 Å². The average molecular weight is 304 g/mol. The highest BCUT2D eigenvalue weighted by molar-refractivity contribution is 5.69. The zero-order valence-electron chi connectivity index (χ0n) is 13.8. The molecule has 3 heteroatoms. The van der Waals surface area contributed by atoms with E-state index in [1.165, 1.54) is 24.8 Å². The molecule has 0 heterocycles. The predicted octanol–water partition coefficient (Wildman–Crippen LogP) is 5.00. The number of methoxy groups -OCH3 is 1. The van der Waals surface area contributed by atoms with E-state index in [0.717, 1.165) is 25.0 Å². The van der Waals surface area contributed by atoms with E-state index in [1.54, 1.807) is 7.11 Å². The van der Waals surface area contributed by atoms with Crippen LogP contribution in [0.25, 0.3) is 6.08 Å². The van der Waals surface area contributed by atoms with Crippen molar-refractivity contribution < 1.29 is 14.3 Å². The highest BCUT2D eigenvalue weighted by atomic mass is 16.5. The molecule has 0 aliphatic carbocycles. The van der Waals surface area contributed by atoms with E-state index in [1.807, 2.05) is 19.1 Å². The van der Waals surface area contributed by atoms with Gasteiger partial charge >= 0.3 is 5.97 Å². The third-order valence-electron chi connectivity index (χ3n) is 3.48. The van der Waals surface area contributed by atoms with Crippen molar-refractivity contribution in [3.8, 4) is 5.75 Å². The Morgan fingerprint density at radius 1 is 1.05 bits per heavy atom. The molecular weight excluding hydrogens is 276 g/mol. The largest absolute Gasteiger partial charge is 0.497 e. The lowest BCUT2D eigenvalue weighted by atomic mass is 10.1. The molecule has 0 spiro atoms. The number of benzene rings is 1. The van der Waals surface area contributed by atoms with Crippen LogP contribution in [0.2, 0.25) is 0 Å². The SMILES string of the molecule is CCOC(=O)CCCCCCC/C=C/c1ccc(OC)cc1. The third-order valence-corrected chi connectivity index (χ3v) is 3.48. The maximum absolute atomic E-state index is 11.2. The second kappa shape index (κ2) is 11.8. The summed E-state index contributed by atoms with van der Waals surface area (Å²) < 4.78 is 10.0. The summed E-state index contributed by atoms with van der Waals surface area (Å²) in [7, 11) is 1.68. The molecular formula is C19H28O3. The molecule has 0 aliphatic rings. The van der Waals surface area contributed by atoms with Crippen molar-refractivity contribution in [3.63, 3.8) is 0 Å². The molecule has 22 heavy (non-hydrogen) atoms. The fourth-order valence-corrected chi connectivity index (χ4v) is 2.23. The van der Waals surface area contributed by atoms with Crippen LogP contribution in [-0.2, 0) is 9.53 Å². The normalized spacial score (nSPS) is 10.8. The molecule has 0 saturated heterocycles. The van der Waals surface area contributed by atoms with Gasteiger partial charge in [-0.2, -0.15) is 0 Å². The first-order valence-corrected chi connectivity index (χ1v) is 8.22. The van der Waals surface area contributed by atoms with Crippen LogP contribution >= 0.6 is 0 Å². The average Bonchev–Trinajstić information content (AvgIpc) is 2.54.